The molecule has 1 atom stereocenters. The van der Waals surface area contributed by atoms with Crippen LogP contribution < -0.4 is 0 Å². The molecule has 24 heavy (non-hydrogen) atoms. The Morgan fingerprint density at radius 1 is 0.917 bits per heavy atom. The summed E-state index contributed by atoms with van der Waals surface area (Å²) in [7, 11) is 0. The van der Waals surface area contributed by atoms with Crippen LogP contribution in [0, 0.1) is 5.92 Å². The summed E-state index contributed by atoms with van der Waals surface area (Å²) in [5.41, 5.74) is -7.92. The predicted molar refractivity (Wildman–Crippen MR) is 75.1 cm³/mol. The Balaban J connectivity index is 3.35. The molecule has 1 rings (SSSR count). The summed E-state index contributed by atoms with van der Waals surface area (Å²) in [4.78, 5) is 0. The minimum Gasteiger partial charge on any atom is -0.385 e. The van der Waals surface area contributed by atoms with Crippen molar-refractivity contribution in [1.29, 1.82) is 0 Å². The van der Waals surface area contributed by atoms with Gasteiger partial charge in [-0.2, -0.15) is 26.3 Å². The van der Waals surface area contributed by atoms with E-state index < -0.39 is 30.0 Å². The van der Waals surface area contributed by atoms with Gasteiger partial charge in [0, 0.05) is 6.42 Å². The van der Waals surface area contributed by atoms with Gasteiger partial charge in [-0.25, -0.2) is 4.39 Å². The second-order valence-electron chi connectivity index (χ2n) is 6.50. The van der Waals surface area contributed by atoms with Crippen molar-refractivity contribution in [2.45, 2.75) is 57.2 Å². The third-order valence-electron chi connectivity index (χ3n) is 3.71. The summed E-state index contributed by atoms with van der Waals surface area (Å²) < 4.78 is 90.5. The van der Waals surface area contributed by atoms with Crippen LogP contribution in [0.5, 0.6) is 0 Å². The molecule has 0 spiro atoms. The minimum atomic E-state index is -6.19. The molecule has 138 valence electrons. The maximum Gasteiger partial charge on any atom is 0.431 e. The molecular weight excluding hydrogens is 341 g/mol. The van der Waals surface area contributed by atoms with Crippen LogP contribution in [0.25, 0.3) is 0 Å². The fourth-order valence-electron chi connectivity index (χ4n) is 2.59. The second kappa shape index (κ2) is 6.54. The molecule has 0 radical (unpaired) electrons. The normalized spacial score (nSPS) is 16.3. The van der Waals surface area contributed by atoms with E-state index in [-0.39, 0.29) is 11.5 Å². The van der Waals surface area contributed by atoms with Gasteiger partial charge in [0.1, 0.15) is 0 Å². The predicted octanol–water partition coefficient (Wildman–Crippen LogP) is 5.32. The molecule has 1 aromatic carbocycles. The smallest absolute Gasteiger partial charge is 0.385 e. The molecule has 0 aliphatic rings. The number of alkyl halides is 7. The van der Waals surface area contributed by atoms with E-state index >= 15 is 0 Å². The van der Waals surface area contributed by atoms with Gasteiger partial charge >= 0.3 is 18.0 Å². The number of benzene rings is 1. The molecule has 0 aliphatic heterocycles. The topological polar surface area (TPSA) is 20.2 Å². The van der Waals surface area contributed by atoms with Crippen LogP contribution in [0.2, 0.25) is 0 Å². The fourth-order valence-corrected chi connectivity index (χ4v) is 2.59. The van der Waals surface area contributed by atoms with Gasteiger partial charge in [0.2, 0.25) is 0 Å². The van der Waals surface area contributed by atoms with Crippen molar-refractivity contribution >= 4 is 0 Å². The molecule has 0 aromatic heterocycles. The van der Waals surface area contributed by atoms with E-state index in [9.17, 15) is 35.8 Å². The third-order valence-corrected chi connectivity index (χ3v) is 3.71. The zero-order valence-electron chi connectivity index (χ0n) is 13.4. The van der Waals surface area contributed by atoms with Gasteiger partial charge in [-0.15, -0.1) is 0 Å². The van der Waals surface area contributed by atoms with Gasteiger partial charge in [0.15, 0.2) is 0 Å². The maximum atomic E-state index is 14.0. The number of hydrogen-bond acceptors (Lipinski definition) is 1. The van der Waals surface area contributed by atoms with Gasteiger partial charge in [0.05, 0.1) is 5.60 Å². The number of rotatable bonds is 5. The lowest BCUT2D eigenvalue weighted by atomic mass is 9.80. The monoisotopic (exact) mass is 360 g/mol. The quantitative estimate of drug-likeness (QED) is 0.705. The zero-order chi connectivity index (χ0) is 19.0. The van der Waals surface area contributed by atoms with Crippen LogP contribution >= 0.6 is 0 Å². The van der Waals surface area contributed by atoms with Gasteiger partial charge in [-0.05, 0) is 30.4 Å². The first-order valence-electron chi connectivity index (χ1n) is 7.25. The highest BCUT2D eigenvalue weighted by atomic mass is 19.4. The third kappa shape index (κ3) is 4.20. The Bertz CT molecular complexity index is 544. The molecule has 0 saturated carbocycles. The van der Waals surface area contributed by atoms with Crippen molar-refractivity contribution in [2.75, 3.05) is 0 Å². The average molecular weight is 360 g/mol. The molecular formula is C16H19F7O. The molecule has 0 heterocycles. The summed E-state index contributed by atoms with van der Waals surface area (Å²) in [6.45, 7) is 4.37. The Kier molecular flexibility index (Phi) is 5.65. The lowest BCUT2D eigenvalue weighted by Crippen LogP contribution is -2.56. The van der Waals surface area contributed by atoms with E-state index in [1.807, 2.05) is 0 Å². The summed E-state index contributed by atoms with van der Waals surface area (Å²) in [6, 6.07) is 5.62. The highest BCUT2D eigenvalue weighted by molar-refractivity contribution is 5.33. The summed E-state index contributed by atoms with van der Waals surface area (Å²) in [5, 5.41) is 10.3. The fraction of sp³-hybridized carbons (Fsp3) is 0.625. The van der Waals surface area contributed by atoms with Crippen molar-refractivity contribution in [2.24, 2.45) is 5.92 Å². The van der Waals surface area contributed by atoms with Crippen LogP contribution in [0.1, 0.15) is 38.3 Å². The molecule has 0 fully saturated rings. The molecule has 1 nitrogen and oxygen atoms in total. The lowest BCUT2D eigenvalue weighted by Gasteiger charge is -2.37. The first-order valence-corrected chi connectivity index (χ1v) is 7.25. The molecule has 1 N–H and O–H groups in total. The minimum absolute atomic E-state index is 0.0438. The van der Waals surface area contributed by atoms with E-state index in [1.165, 1.54) is 18.2 Å². The molecule has 8 heteroatoms. The molecule has 1 aromatic rings. The molecule has 0 saturated heterocycles. The Labute approximate surface area is 135 Å². The van der Waals surface area contributed by atoms with Gasteiger partial charge in [0.25, 0.3) is 0 Å². The van der Waals surface area contributed by atoms with E-state index in [2.05, 4.69) is 0 Å². The molecule has 0 amide bonds. The number of halogens is 7. The Morgan fingerprint density at radius 3 is 1.79 bits per heavy atom. The van der Waals surface area contributed by atoms with Crippen LogP contribution in [-0.4, -0.2) is 23.1 Å². The van der Waals surface area contributed by atoms with Crippen molar-refractivity contribution in [1.82, 2.24) is 0 Å². The summed E-state index contributed by atoms with van der Waals surface area (Å²) in [6.07, 6.45) is -14.2. The first-order chi connectivity index (χ1) is 10.6. The molecule has 0 bridgehead atoms. The summed E-state index contributed by atoms with van der Waals surface area (Å²) >= 11 is 0. The first kappa shape index (κ1) is 20.7. The highest BCUT2D eigenvalue weighted by Gasteiger charge is 2.73. The largest absolute Gasteiger partial charge is 0.431 e. The van der Waals surface area contributed by atoms with Gasteiger partial charge in [-0.3, -0.25) is 0 Å². The van der Waals surface area contributed by atoms with Crippen LogP contribution in [-0.2, 0) is 12.0 Å². The van der Waals surface area contributed by atoms with Crippen LogP contribution in [0.3, 0.4) is 0 Å². The van der Waals surface area contributed by atoms with E-state index in [1.54, 1.807) is 19.9 Å². The van der Waals surface area contributed by atoms with Crippen LogP contribution in [0.15, 0.2) is 24.3 Å². The van der Waals surface area contributed by atoms with Crippen LogP contribution in [0.4, 0.5) is 30.7 Å². The molecule has 1 unspecified atom stereocenters. The van der Waals surface area contributed by atoms with Gasteiger partial charge in [-0.1, -0.05) is 38.1 Å². The molecule has 0 aliphatic carbocycles. The zero-order valence-corrected chi connectivity index (χ0v) is 13.4. The SMILES string of the molecule is CC(C)Cc1ccccc1C(C)(O)CC(F)(C(F)(F)F)C(F)(F)F. The Hall–Kier alpha value is -1.31. The standard InChI is InChI=1S/C16H19F7O/c1-10(2)8-11-6-4-5-7-12(11)13(3,24)9-14(17,15(18,19)20)16(21,22)23/h4-7,10,24H,8-9H2,1-3H3. The van der Waals surface area contributed by atoms with Crippen molar-refractivity contribution in [3.05, 3.63) is 35.4 Å². The van der Waals surface area contributed by atoms with Crippen molar-refractivity contribution in [3.8, 4) is 0 Å². The second-order valence-corrected chi connectivity index (χ2v) is 6.50. The lowest BCUT2D eigenvalue weighted by molar-refractivity contribution is -0.352. The highest BCUT2D eigenvalue weighted by Crippen LogP contribution is 2.52. The average Bonchev–Trinajstić information content (AvgIpc) is 2.35. The van der Waals surface area contributed by atoms with E-state index in [4.69, 9.17) is 0 Å². The number of aliphatic hydroxyl groups is 1. The van der Waals surface area contributed by atoms with Crippen molar-refractivity contribution in [3.63, 3.8) is 0 Å². The van der Waals surface area contributed by atoms with E-state index in [0.29, 0.717) is 12.0 Å². The van der Waals surface area contributed by atoms with Gasteiger partial charge < -0.3 is 5.11 Å². The van der Waals surface area contributed by atoms with Crippen molar-refractivity contribution < 1.29 is 35.8 Å². The maximum absolute atomic E-state index is 14.0. The number of hydrogen-bond donors (Lipinski definition) is 1. The van der Waals surface area contributed by atoms with E-state index in [0.717, 1.165) is 6.92 Å². The summed E-state index contributed by atoms with van der Waals surface area (Å²) in [5.74, 6) is 0.0438. The Morgan fingerprint density at radius 2 is 1.38 bits per heavy atom.